The molecule has 4 N–H and O–H groups in total. The predicted molar refractivity (Wildman–Crippen MR) is 167 cm³/mol. The highest BCUT2D eigenvalue weighted by Gasteiger charge is 2.11. The summed E-state index contributed by atoms with van der Waals surface area (Å²) in [6.07, 6.45) is 0. The second-order valence-corrected chi connectivity index (χ2v) is 9.35. The highest BCUT2D eigenvalue weighted by molar-refractivity contribution is 7.81. The molecule has 204 valence electrons. The van der Waals surface area contributed by atoms with E-state index in [2.05, 4.69) is 21.3 Å². The lowest BCUT2D eigenvalue weighted by atomic mass is 10.3. The SMILES string of the molecule is S=C1Nc2ccccc2OCCOc2ccccc2NC(=S)Nc2ccccc2OCCOc2ccccc2N1. The molecule has 0 radical (unpaired) electrons. The van der Waals surface area contributed by atoms with E-state index in [1.165, 1.54) is 0 Å². The maximum absolute atomic E-state index is 6.02. The summed E-state index contributed by atoms with van der Waals surface area (Å²) < 4.78 is 24.1. The van der Waals surface area contributed by atoms with E-state index < -0.39 is 0 Å². The summed E-state index contributed by atoms with van der Waals surface area (Å²) in [7, 11) is 0. The van der Waals surface area contributed by atoms with Crippen LogP contribution in [0, 0.1) is 0 Å². The Morgan fingerprint density at radius 1 is 0.375 bits per heavy atom. The third kappa shape index (κ3) is 7.31. The minimum atomic E-state index is 0.317. The van der Waals surface area contributed by atoms with Gasteiger partial charge in [-0.05, 0) is 73.0 Å². The second-order valence-electron chi connectivity index (χ2n) is 8.54. The standard InChI is InChI=1S/C30H28N4O4S2/c39-29-31-21-9-1-5-13-25(21)35-17-18-36-27-15-7-3-11-23(27)33-30(40)34-24-12-4-8-16-28(24)38-20-19-37-26-14-6-2-10-22(26)32-29/h1-16H,17-20H2,(H2,31,32,39)(H2,33,34,40). The first-order valence-corrected chi connectivity index (χ1v) is 13.5. The molecule has 4 aromatic carbocycles. The molecule has 5 rings (SSSR count). The predicted octanol–water partition coefficient (Wildman–Crippen LogP) is 6.53. The van der Waals surface area contributed by atoms with Gasteiger partial charge in [0.25, 0.3) is 0 Å². The van der Waals surface area contributed by atoms with Gasteiger partial charge in [-0.15, -0.1) is 0 Å². The fraction of sp³-hybridized carbons (Fsp3) is 0.133. The average molecular weight is 573 g/mol. The summed E-state index contributed by atoms with van der Waals surface area (Å²) in [5, 5.41) is 13.7. The summed E-state index contributed by atoms with van der Waals surface area (Å²) >= 11 is 11.2. The molecule has 0 saturated carbocycles. The van der Waals surface area contributed by atoms with Gasteiger partial charge in [0.1, 0.15) is 49.4 Å². The van der Waals surface area contributed by atoms with Crippen molar-refractivity contribution in [2.24, 2.45) is 0 Å². The quantitative estimate of drug-likeness (QED) is 0.175. The van der Waals surface area contributed by atoms with E-state index in [-0.39, 0.29) is 0 Å². The molecule has 10 heteroatoms. The lowest BCUT2D eigenvalue weighted by Gasteiger charge is -2.19. The molecule has 0 aromatic heterocycles. The Kier molecular flexibility index (Phi) is 9.13. The van der Waals surface area contributed by atoms with Crippen molar-refractivity contribution in [3.63, 3.8) is 0 Å². The van der Waals surface area contributed by atoms with Gasteiger partial charge in [-0.25, -0.2) is 0 Å². The number of para-hydroxylation sites is 8. The fourth-order valence-electron chi connectivity index (χ4n) is 3.94. The smallest absolute Gasteiger partial charge is 0.175 e. The third-order valence-electron chi connectivity index (χ3n) is 5.74. The van der Waals surface area contributed by atoms with Gasteiger partial charge in [-0.3, -0.25) is 0 Å². The molecule has 1 aliphatic heterocycles. The van der Waals surface area contributed by atoms with Crippen molar-refractivity contribution in [1.29, 1.82) is 0 Å². The molecule has 0 bridgehead atoms. The van der Waals surface area contributed by atoms with Gasteiger partial charge < -0.3 is 40.2 Å². The number of nitrogens with one attached hydrogen (secondary N) is 4. The fourth-order valence-corrected chi connectivity index (χ4v) is 4.38. The number of rotatable bonds is 0. The Bertz CT molecular complexity index is 1270. The van der Waals surface area contributed by atoms with E-state index in [1.54, 1.807) is 0 Å². The van der Waals surface area contributed by atoms with Crippen molar-refractivity contribution in [2.45, 2.75) is 0 Å². The molecular formula is C30H28N4O4S2. The summed E-state index contributed by atoms with van der Waals surface area (Å²) in [6, 6.07) is 30.3. The van der Waals surface area contributed by atoms with Crippen LogP contribution in [0.1, 0.15) is 0 Å². The zero-order valence-electron chi connectivity index (χ0n) is 21.5. The maximum Gasteiger partial charge on any atom is 0.175 e. The van der Waals surface area contributed by atoms with Crippen LogP contribution >= 0.6 is 24.4 Å². The van der Waals surface area contributed by atoms with Gasteiger partial charge in [-0.1, -0.05) is 48.5 Å². The van der Waals surface area contributed by atoms with Gasteiger partial charge in [0.05, 0.1) is 22.7 Å². The van der Waals surface area contributed by atoms with E-state index in [0.29, 0.717) is 59.7 Å². The van der Waals surface area contributed by atoms with E-state index in [4.69, 9.17) is 43.4 Å². The van der Waals surface area contributed by atoms with Crippen LogP contribution in [-0.4, -0.2) is 36.7 Å². The first-order valence-electron chi connectivity index (χ1n) is 12.7. The summed E-state index contributed by atoms with van der Waals surface area (Å²) in [4.78, 5) is 0. The lowest BCUT2D eigenvalue weighted by Crippen LogP contribution is -2.22. The van der Waals surface area contributed by atoms with E-state index >= 15 is 0 Å². The summed E-state index contributed by atoms with van der Waals surface area (Å²) in [5.74, 6) is 2.59. The van der Waals surface area contributed by atoms with Gasteiger partial charge >= 0.3 is 0 Å². The molecule has 1 aliphatic rings. The first-order chi connectivity index (χ1) is 19.7. The molecular weight excluding hydrogens is 544 g/mol. The van der Waals surface area contributed by atoms with Crippen molar-refractivity contribution in [3.8, 4) is 23.0 Å². The number of benzene rings is 4. The monoisotopic (exact) mass is 572 g/mol. The van der Waals surface area contributed by atoms with Crippen LogP contribution < -0.4 is 40.2 Å². The molecule has 0 saturated heterocycles. The maximum atomic E-state index is 6.02. The average Bonchev–Trinajstić information content (AvgIpc) is 2.96. The molecule has 0 aliphatic carbocycles. The normalized spacial score (nSPS) is 14.3. The van der Waals surface area contributed by atoms with Crippen molar-refractivity contribution >= 4 is 57.4 Å². The van der Waals surface area contributed by atoms with Crippen molar-refractivity contribution < 1.29 is 18.9 Å². The van der Waals surface area contributed by atoms with Crippen LogP contribution in [0.5, 0.6) is 23.0 Å². The van der Waals surface area contributed by atoms with Gasteiger partial charge in [0.15, 0.2) is 10.2 Å². The van der Waals surface area contributed by atoms with Gasteiger partial charge in [0, 0.05) is 0 Å². The zero-order valence-corrected chi connectivity index (χ0v) is 23.1. The van der Waals surface area contributed by atoms with E-state index in [9.17, 15) is 0 Å². The molecule has 0 fully saturated rings. The van der Waals surface area contributed by atoms with Crippen molar-refractivity contribution in [2.75, 3.05) is 47.7 Å². The summed E-state index contributed by atoms with van der Waals surface area (Å²) in [5.41, 5.74) is 2.91. The third-order valence-corrected chi connectivity index (χ3v) is 6.15. The van der Waals surface area contributed by atoms with Crippen LogP contribution in [0.4, 0.5) is 22.7 Å². The number of hydrogen-bond acceptors (Lipinski definition) is 6. The largest absolute Gasteiger partial charge is 0.488 e. The van der Waals surface area contributed by atoms with Crippen molar-refractivity contribution in [3.05, 3.63) is 97.1 Å². The molecule has 1 heterocycles. The molecule has 0 atom stereocenters. The van der Waals surface area contributed by atoms with Crippen LogP contribution in [0.15, 0.2) is 97.1 Å². The summed E-state index contributed by atoms with van der Waals surface area (Å²) in [6.45, 7) is 1.27. The van der Waals surface area contributed by atoms with E-state index in [0.717, 1.165) is 22.7 Å². The number of anilines is 4. The molecule has 4 aromatic rings. The highest BCUT2D eigenvalue weighted by atomic mass is 32.1. The Morgan fingerprint density at radius 3 is 0.850 bits per heavy atom. The van der Waals surface area contributed by atoms with Crippen LogP contribution in [0.25, 0.3) is 0 Å². The number of hydrogen-bond donors (Lipinski definition) is 4. The molecule has 0 spiro atoms. The molecule has 0 amide bonds. The number of fused-ring (bicyclic) bond motifs is 4. The number of thiocarbonyl (C=S) groups is 2. The highest BCUT2D eigenvalue weighted by Crippen LogP contribution is 2.29. The minimum absolute atomic E-state index is 0.317. The first kappa shape index (κ1) is 27.0. The minimum Gasteiger partial charge on any atom is -0.488 e. The Labute approximate surface area is 243 Å². The lowest BCUT2D eigenvalue weighted by molar-refractivity contribution is 0.218. The van der Waals surface area contributed by atoms with Crippen LogP contribution in [0.2, 0.25) is 0 Å². The Balaban J connectivity index is 1.37. The second kappa shape index (κ2) is 13.5. The van der Waals surface area contributed by atoms with Gasteiger partial charge in [0.2, 0.25) is 0 Å². The van der Waals surface area contributed by atoms with Crippen molar-refractivity contribution in [1.82, 2.24) is 0 Å². The molecule has 8 nitrogen and oxygen atoms in total. The molecule has 0 unspecified atom stereocenters. The Hall–Kier alpha value is -4.54. The topological polar surface area (TPSA) is 85.0 Å². The van der Waals surface area contributed by atoms with Crippen LogP contribution in [0.3, 0.4) is 0 Å². The zero-order chi connectivity index (χ0) is 27.6. The van der Waals surface area contributed by atoms with Crippen LogP contribution in [-0.2, 0) is 0 Å². The van der Waals surface area contributed by atoms with Gasteiger partial charge in [-0.2, -0.15) is 0 Å². The molecule has 40 heavy (non-hydrogen) atoms. The van der Waals surface area contributed by atoms with E-state index in [1.807, 2.05) is 97.1 Å². The Morgan fingerprint density at radius 2 is 0.600 bits per heavy atom. The number of ether oxygens (including phenoxy) is 4.